The van der Waals surface area contributed by atoms with E-state index in [1.54, 1.807) is 6.42 Å². The number of carbonyl (C=O) groups excluding carboxylic acids is 1. The van der Waals surface area contributed by atoms with Crippen molar-refractivity contribution in [3.05, 3.63) is 6.42 Å². The predicted octanol–water partition coefficient (Wildman–Crippen LogP) is 1.01. The molecule has 3 nitrogen and oxygen atoms in total. The molecule has 0 aliphatic heterocycles. The molecule has 0 bridgehead atoms. The molecule has 3 N–H and O–H groups in total. The van der Waals surface area contributed by atoms with Crippen LogP contribution in [-0.2, 0) is 4.79 Å². The number of nitrogens with two attached hydrogens (primary N) is 1. The van der Waals surface area contributed by atoms with Crippen LogP contribution in [0.25, 0.3) is 0 Å². The van der Waals surface area contributed by atoms with E-state index in [4.69, 9.17) is 10.8 Å². The van der Waals surface area contributed by atoms with Crippen molar-refractivity contribution < 1.29 is 9.90 Å². The van der Waals surface area contributed by atoms with Gasteiger partial charge in [0.2, 0.25) is 5.91 Å². The maximum absolute atomic E-state index is 11.3. The number of aliphatic hydroxyl groups excluding tert-OH is 1. The highest BCUT2D eigenvalue weighted by Gasteiger charge is 2.36. The Morgan fingerprint density at radius 3 is 2.46 bits per heavy atom. The molecular formula is C10H18NO2. The Kier molecular flexibility index (Phi) is 3.72. The van der Waals surface area contributed by atoms with E-state index in [0.29, 0.717) is 6.42 Å². The average molecular weight is 184 g/mol. The molecule has 0 aromatic carbocycles. The van der Waals surface area contributed by atoms with Crippen molar-refractivity contribution in [1.29, 1.82) is 0 Å². The van der Waals surface area contributed by atoms with Gasteiger partial charge in [-0.3, -0.25) is 4.79 Å². The first kappa shape index (κ1) is 10.5. The summed E-state index contributed by atoms with van der Waals surface area (Å²) >= 11 is 0. The molecule has 75 valence electrons. The van der Waals surface area contributed by atoms with E-state index < -0.39 is 0 Å². The Morgan fingerprint density at radius 1 is 1.38 bits per heavy atom. The number of aliphatic hydroxyl groups is 1. The standard InChI is InChI=1S/C10H18NO2/c11-9(13)10(7-4-8-12)5-2-1-3-6-10/h4,12H,1-3,5-8H2,(H2,11,13). The molecule has 1 aliphatic rings. The summed E-state index contributed by atoms with van der Waals surface area (Å²) in [6.45, 7) is 0.0367. The lowest BCUT2D eigenvalue weighted by molar-refractivity contribution is -0.129. The van der Waals surface area contributed by atoms with Gasteiger partial charge in [-0.2, -0.15) is 0 Å². The van der Waals surface area contributed by atoms with E-state index in [1.807, 2.05) is 0 Å². The number of rotatable bonds is 4. The van der Waals surface area contributed by atoms with Gasteiger partial charge in [-0.25, -0.2) is 0 Å². The minimum atomic E-state index is -0.346. The van der Waals surface area contributed by atoms with Crippen LogP contribution in [0.3, 0.4) is 0 Å². The Hall–Kier alpha value is -0.570. The average Bonchev–Trinajstić information content (AvgIpc) is 2.16. The second kappa shape index (κ2) is 4.61. The van der Waals surface area contributed by atoms with Crippen LogP contribution in [0.15, 0.2) is 0 Å². The molecule has 0 saturated heterocycles. The normalized spacial score (nSPS) is 21.3. The van der Waals surface area contributed by atoms with Crippen molar-refractivity contribution in [2.75, 3.05) is 6.61 Å². The number of carbonyl (C=O) groups is 1. The molecule has 1 saturated carbocycles. The van der Waals surface area contributed by atoms with E-state index in [-0.39, 0.29) is 17.9 Å². The van der Waals surface area contributed by atoms with Crippen LogP contribution in [0, 0.1) is 11.8 Å². The van der Waals surface area contributed by atoms with Crippen LogP contribution in [0.5, 0.6) is 0 Å². The molecule has 13 heavy (non-hydrogen) atoms. The summed E-state index contributed by atoms with van der Waals surface area (Å²) in [5.74, 6) is -0.197. The third kappa shape index (κ3) is 2.44. The molecule has 1 aliphatic carbocycles. The van der Waals surface area contributed by atoms with E-state index >= 15 is 0 Å². The van der Waals surface area contributed by atoms with Gasteiger partial charge in [0.05, 0.1) is 0 Å². The van der Waals surface area contributed by atoms with E-state index in [1.165, 1.54) is 6.42 Å². The van der Waals surface area contributed by atoms with E-state index in [2.05, 4.69) is 0 Å². The summed E-state index contributed by atoms with van der Waals surface area (Å²) in [6.07, 6.45) is 7.53. The predicted molar refractivity (Wildman–Crippen MR) is 50.7 cm³/mol. The van der Waals surface area contributed by atoms with Crippen LogP contribution < -0.4 is 5.73 Å². The van der Waals surface area contributed by atoms with Crippen LogP contribution >= 0.6 is 0 Å². The van der Waals surface area contributed by atoms with Gasteiger partial charge in [0, 0.05) is 12.0 Å². The highest BCUT2D eigenvalue weighted by Crippen LogP contribution is 2.39. The molecule has 3 heteroatoms. The Labute approximate surface area is 79.3 Å². The van der Waals surface area contributed by atoms with Crippen molar-refractivity contribution in [2.24, 2.45) is 11.1 Å². The summed E-state index contributed by atoms with van der Waals surface area (Å²) in [5, 5.41) is 8.69. The van der Waals surface area contributed by atoms with Gasteiger partial charge in [-0.15, -0.1) is 0 Å². The summed E-state index contributed by atoms with van der Waals surface area (Å²) in [6, 6.07) is 0. The van der Waals surface area contributed by atoms with E-state index in [9.17, 15) is 4.79 Å². The zero-order valence-corrected chi connectivity index (χ0v) is 7.96. The van der Waals surface area contributed by atoms with Gasteiger partial charge in [0.1, 0.15) is 0 Å². The van der Waals surface area contributed by atoms with Gasteiger partial charge in [0.15, 0.2) is 0 Å². The van der Waals surface area contributed by atoms with E-state index in [0.717, 1.165) is 25.7 Å². The molecule has 0 atom stereocenters. The smallest absolute Gasteiger partial charge is 0.223 e. The minimum Gasteiger partial charge on any atom is -0.396 e. The van der Waals surface area contributed by atoms with Crippen molar-refractivity contribution >= 4 is 5.91 Å². The first-order chi connectivity index (χ1) is 6.21. The third-order valence-electron chi connectivity index (χ3n) is 3.00. The second-order valence-corrected chi connectivity index (χ2v) is 3.88. The lowest BCUT2D eigenvalue weighted by atomic mass is 9.70. The number of hydrogen-bond acceptors (Lipinski definition) is 2. The molecule has 0 spiro atoms. The maximum atomic E-state index is 11.3. The molecule has 1 rings (SSSR count). The van der Waals surface area contributed by atoms with Gasteiger partial charge < -0.3 is 10.8 Å². The van der Waals surface area contributed by atoms with Gasteiger partial charge in [-0.05, 0) is 25.7 Å². The van der Waals surface area contributed by atoms with Crippen LogP contribution in [-0.4, -0.2) is 17.6 Å². The largest absolute Gasteiger partial charge is 0.396 e. The fourth-order valence-corrected chi connectivity index (χ4v) is 2.12. The monoisotopic (exact) mass is 184 g/mol. The topological polar surface area (TPSA) is 63.3 Å². The molecule has 0 heterocycles. The SMILES string of the molecule is NC(=O)C1(C[CH]CO)CCCCC1. The lowest BCUT2D eigenvalue weighted by Crippen LogP contribution is -2.39. The van der Waals surface area contributed by atoms with Gasteiger partial charge in [0.25, 0.3) is 0 Å². The molecule has 1 amide bonds. The fourth-order valence-electron chi connectivity index (χ4n) is 2.12. The van der Waals surface area contributed by atoms with Gasteiger partial charge in [-0.1, -0.05) is 19.3 Å². The molecule has 0 unspecified atom stereocenters. The fraction of sp³-hybridized carbons (Fsp3) is 0.800. The summed E-state index contributed by atoms with van der Waals surface area (Å²) in [4.78, 5) is 11.3. The Balaban J connectivity index is 2.56. The van der Waals surface area contributed by atoms with Crippen LogP contribution in [0.1, 0.15) is 38.5 Å². The first-order valence-corrected chi connectivity index (χ1v) is 4.94. The summed E-state index contributed by atoms with van der Waals surface area (Å²) in [5.41, 5.74) is 5.06. The number of amides is 1. The summed E-state index contributed by atoms with van der Waals surface area (Å²) < 4.78 is 0. The number of hydrogen-bond donors (Lipinski definition) is 2. The van der Waals surface area contributed by atoms with Crippen molar-refractivity contribution in [1.82, 2.24) is 0 Å². The highest BCUT2D eigenvalue weighted by atomic mass is 16.3. The van der Waals surface area contributed by atoms with Crippen molar-refractivity contribution in [3.63, 3.8) is 0 Å². The zero-order valence-electron chi connectivity index (χ0n) is 7.96. The lowest BCUT2D eigenvalue weighted by Gasteiger charge is -2.34. The molecule has 1 fully saturated rings. The van der Waals surface area contributed by atoms with Crippen molar-refractivity contribution in [3.8, 4) is 0 Å². The number of primary amides is 1. The molecule has 0 aromatic heterocycles. The van der Waals surface area contributed by atoms with Crippen LogP contribution in [0.4, 0.5) is 0 Å². The first-order valence-electron chi connectivity index (χ1n) is 4.94. The third-order valence-corrected chi connectivity index (χ3v) is 3.00. The Morgan fingerprint density at radius 2 is 2.00 bits per heavy atom. The highest BCUT2D eigenvalue weighted by molar-refractivity contribution is 5.81. The molecule has 1 radical (unpaired) electrons. The molecule has 0 aromatic rings. The summed E-state index contributed by atoms with van der Waals surface area (Å²) in [7, 11) is 0. The van der Waals surface area contributed by atoms with Gasteiger partial charge >= 0.3 is 0 Å². The quantitative estimate of drug-likeness (QED) is 0.685. The van der Waals surface area contributed by atoms with Crippen molar-refractivity contribution in [2.45, 2.75) is 38.5 Å². The Bertz CT molecular complexity index is 174. The zero-order chi connectivity index (χ0) is 9.73. The molecular weight excluding hydrogens is 166 g/mol. The second-order valence-electron chi connectivity index (χ2n) is 3.88. The minimum absolute atomic E-state index is 0.0367. The van der Waals surface area contributed by atoms with Crippen LogP contribution in [0.2, 0.25) is 0 Å². The maximum Gasteiger partial charge on any atom is 0.223 e.